The largest absolute Gasteiger partial charge is 0.480 e. The molecule has 0 saturated carbocycles. The molecule has 3 N–H and O–H groups in total. The number of hydrogen-bond donors (Lipinski definition) is 3. The molecule has 1 unspecified atom stereocenters. The summed E-state index contributed by atoms with van der Waals surface area (Å²) in [7, 11) is 0. The molecule has 0 heterocycles. The molecule has 8 nitrogen and oxygen atoms in total. The molecule has 1 atom stereocenters. The fraction of sp³-hybridized carbons (Fsp3) is 0.333. The van der Waals surface area contributed by atoms with Crippen LogP contribution in [0.4, 0.5) is 16.2 Å². The van der Waals surface area contributed by atoms with Gasteiger partial charge in [0.25, 0.3) is 5.69 Å². The van der Waals surface area contributed by atoms with Crippen molar-refractivity contribution in [2.45, 2.75) is 26.3 Å². The maximum atomic E-state index is 11.7. The molecular formula is C12H15N3O5. The van der Waals surface area contributed by atoms with Crippen molar-refractivity contribution in [1.82, 2.24) is 5.32 Å². The highest BCUT2D eigenvalue weighted by molar-refractivity contribution is 5.93. The lowest BCUT2D eigenvalue weighted by molar-refractivity contribution is -0.385. The van der Waals surface area contributed by atoms with E-state index in [2.05, 4.69) is 10.6 Å². The Morgan fingerprint density at radius 2 is 2.10 bits per heavy atom. The summed E-state index contributed by atoms with van der Waals surface area (Å²) in [6, 6.07) is 2.54. The Morgan fingerprint density at radius 1 is 1.45 bits per heavy atom. The lowest BCUT2D eigenvalue weighted by Gasteiger charge is -2.14. The predicted octanol–water partition coefficient (Wildman–Crippen LogP) is 1.89. The Bertz CT molecular complexity index is 544. The van der Waals surface area contributed by atoms with Crippen LogP contribution in [-0.4, -0.2) is 28.1 Å². The lowest BCUT2D eigenvalue weighted by atomic mass is 10.1. The van der Waals surface area contributed by atoms with Crippen molar-refractivity contribution in [1.29, 1.82) is 0 Å². The van der Waals surface area contributed by atoms with Gasteiger partial charge in [0, 0.05) is 6.07 Å². The number of nitrogens with zero attached hydrogens (tertiary/aromatic N) is 1. The first kappa shape index (κ1) is 15.4. The average molecular weight is 281 g/mol. The van der Waals surface area contributed by atoms with E-state index in [0.717, 1.165) is 0 Å². The molecule has 8 heteroatoms. The Balaban J connectivity index is 2.84. The van der Waals surface area contributed by atoms with E-state index in [4.69, 9.17) is 5.11 Å². The van der Waals surface area contributed by atoms with Gasteiger partial charge in [-0.05, 0) is 19.4 Å². The minimum absolute atomic E-state index is 0.118. The molecule has 20 heavy (non-hydrogen) atoms. The molecule has 0 fully saturated rings. The van der Waals surface area contributed by atoms with Gasteiger partial charge in [0.15, 0.2) is 0 Å². The van der Waals surface area contributed by atoms with Gasteiger partial charge in [-0.1, -0.05) is 13.0 Å². The van der Waals surface area contributed by atoms with Crippen LogP contribution >= 0.6 is 0 Å². The molecule has 0 saturated heterocycles. The van der Waals surface area contributed by atoms with Crippen LogP contribution in [0.5, 0.6) is 0 Å². The number of nitro groups is 1. The van der Waals surface area contributed by atoms with Gasteiger partial charge in [-0.25, -0.2) is 9.59 Å². The van der Waals surface area contributed by atoms with Crippen LogP contribution in [0, 0.1) is 17.0 Å². The second-order valence-corrected chi connectivity index (χ2v) is 4.10. The van der Waals surface area contributed by atoms with Crippen molar-refractivity contribution in [2.24, 2.45) is 0 Å². The fourth-order valence-corrected chi connectivity index (χ4v) is 1.61. The molecule has 1 aromatic carbocycles. The Morgan fingerprint density at radius 3 is 2.60 bits per heavy atom. The number of carboxylic acid groups (broad SMARTS) is 1. The van der Waals surface area contributed by atoms with Crippen molar-refractivity contribution in [2.75, 3.05) is 5.32 Å². The molecule has 2 amide bonds. The zero-order valence-corrected chi connectivity index (χ0v) is 11.0. The summed E-state index contributed by atoms with van der Waals surface area (Å²) >= 11 is 0. The number of aliphatic carboxylic acids is 1. The number of anilines is 1. The summed E-state index contributed by atoms with van der Waals surface area (Å²) in [6.45, 7) is 3.12. The summed E-state index contributed by atoms with van der Waals surface area (Å²) in [5, 5.41) is 24.3. The third-order valence-electron chi connectivity index (χ3n) is 2.76. The highest BCUT2D eigenvalue weighted by Gasteiger charge is 2.19. The molecule has 0 aliphatic carbocycles. The van der Waals surface area contributed by atoms with Gasteiger partial charge in [0.1, 0.15) is 6.04 Å². The van der Waals surface area contributed by atoms with Crippen molar-refractivity contribution in [3.63, 3.8) is 0 Å². The van der Waals surface area contributed by atoms with Crippen LogP contribution in [-0.2, 0) is 4.79 Å². The van der Waals surface area contributed by atoms with Gasteiger partial charge < -0.3 is 15.7 Å². The first-order chi connectivity index (χ1) is 9.36. The van der Waals surface area contributed by atoms with Gasteiger partial charge in [0.2, 0.25) is 0 Å². The molecule has 0 bridgehead atoms. The number of carbonyl (C=O) groups excluding carboxylic acids is 1. The SMILES string of the molecule is CCC(NC(=O)Nc1cccc([N+](=O)[O-])c1C)C(=O)O. The minimum Gasteiger partial charge on any atom is -0.480 e. The maximum absolute atomic E-state index is 11.7. The number of carbonyl (C=O) groups is 2. The standard InChI is InChI=1S/C12H15N3O5/c1-3-8(11(16)17)13-12(18)14-9-5-4-6-10(7(9)2)15(19)20/h4-6,8H,3H2,1-2H3,(H,16,17)(H2,13,14,18). The normalized spacial score (nSPS) is 11.5. The topological polar surface area (TPSA) is 122 Å². The highest BCUT2D eigenvalue weighted by Crippen LogP contribution is 2.24. The van der Waals surface area contributed by atoms with Crippen LogP contribution in [0.2, 0.25) is 0 Å². The van der Waals surface area contributed by atoms with Gasteiger partial charge in [-0.2, -0.15) is 0 Å². The van der Waals surface area contributed by atoms with Gasteiger partial charge in [-0.15, -0.1) is 0 Å². The molecule has 0 aromatic heterocycles. The number of benzene rings is 1. The second-order valence-electron chi connectivity index (χ2n) is 4.10. The fourth-order valence-electron chi connectivity index (χ4n) is 1.61. The third kappa shape index (κ3) is 3.67. The number of nitrogens with one attached hydrogen (secondary N) is 2. The van der Waals surface area contributed by atoms with E-state index in [1.165, 1.54) is 25.1 Å². The predicted molar refractivity (Wildman–Crippen MR) is 71.7 cm³/mol. The Labute approximate surface area is 114 Å². The first-order valence-electron chi connectivity index (χ1n) is 5.91. The maximum Gasteiger partial charge on any atom is 0.326 e. The number of urea groups is 1. The zero-order chi connectivity index (χ0) is 15.3. The summed E-state index contributed by atoms with van der Waals surface area (Å²) in [5.41, 5.74) is 0.445. The smallest absolute Gasteiger partial charge is 0.326 e. The monoisotopic (exact) mass is 281 g/mol. The molecular weight excluding hydrogens is 266 g/mol. The molecule has 0 spiro atoms. The Hall–Kier alpha value is -2.64. The van der Waals surface area contributed by atoms with Gasteiger partial charge in [0.05, 0.1) is 16.2 Å². The van der Waals surface area contributed by atoms with E-state index in [9.17, 15) is 19.7 Å². The first-order valence-corrected chi connectivity index (χ1v) is 5.91. The molecule has 0 aliphatic heterocycles. The zero-order valence-electron chi connectivity index (χ0n) is 11.0. The molecule has 108 valence electrons. The van der Waals surface area contributed by atoms with Crippen molar-refractivity contribution >= 4 is 23.4 Å². The van der Waals surface area contributed by atoms with Crippen LogP contribution in [0.25, 0.3) is 0 Å². The Kier molecular flexibility index (Phi) is 5.01. The molecule has 0 radical (unpaired) electrons. The molecule has 1 rings (SSSR count). The summed E-state index contributed by atoms with van der Waals surface area (Å²) in [5.74, 6) is -1.14. The molecule has 1 aromatic rings. The van der Waals surface area contributed by atoms with E-state index in [1.807, 2.05) is 0 Å². The highest BCUT2D eigenvalue weighted by atomic mass is 16.6. The number of hydrogen-bond acceptors (Lipinski definition) is 4. The second kappa shape index (κ2) is 6.50. The van der Waals surface area contributed by atoms with Crippen LogP contribution < -0.4 is 10.6 Å². The van der Waals surface area contributed by atoms with E-state index >= 15 is 0 Å². The van der Waals surface area contributed by atoms with E-state index < -0.39 is 23.0 Å². The molecule has 0 aliphatic rings. The van der Waals surface area contributed by atoms with Gasteiger partial charge >= 0.3 is 12.0 Å². The summed E-state index contributed by atoms with van der Waals surface area (Å²) < 4.78 is 0. The van der Waals surface area contributed by atoms with Crippen molar-refractivity contribution in [3.05, 3.63) is 33.9 Å². The van der Waals surface area contributed by atoms with E-state index in [-0.39, 0.29) is 17.8 Å². The van der Waals surface area contributed by atoms with Crippen molar-refractivity contribution in [3.8, 4) is 0 Å². The lowest BCUT2D eigenvalue weighted by Crippen LogP contribution is -2.42. The van der Waals surface area contributed by atoms with Crippen LogP contribution in [0.15, 0.2) is 18.2 Å². The van der Waals surface area contributed by atoms with E-state index in [0.29, 0.717) is 5.56 Å². The van der Waals surface area contributed by atoms with E-state index in [1.54, 1.807) is 6.92 Å². The number of carboxylic acids is 1. The van der Waals surface area contributed by atoms with Crippen molar-refractivity contribution < 1.29 is 19.6 Å². The number of nitro benzene ring substituents is 1. The third-order valence-corrected chi connectivity index (χ3v) is 2.76. The van der Waals surface area contributed by atoms with Gasteiger partial charge in [-0.3, -0.25) is 10.1 Å². The number of amides is 2. The summed E-state index contributed by atoms with van der Waals surface area (Å²) in [6.07, 6.45) is 0.233. The minimum atomic E-state index is -1.14. The average Bonchev–Trinajstić information content (AvgIpc) is 2.37. The quantitative estimate of drug-likeness (QED) is 0.562. The number of rotatable bonds is 5. The van der Waals surface area contributed by atoms with Crippen LogP contribution in [0.1, 0.15) is 18.9 Å². The summed E-state index contributed by atoms with van der Waals surface area (Å²) in [4.78, 5) is 32.7. The van der Waals surface area contributed by atoms with Crippen LogP contribution in [0.3, 0.4) is 0 Å².